The molecule has 1 aromatic heterocycles. The van der Waals surface area contributed by atoms with Gasteiger partial charge in [0, 0.05) is 6.42 Å². The number of halogens is 3. The number of carbonyl (C=O) groups is 1. The first-order chi connectivity index (χ1) is 5.95. The molecule has 1 rings (SSSR count). The van der Waals surface area contributed by atoms with Crippen LogP contribution in [0.4, 0.5) is 13.2 Å². The maximum absolute atomic E-state index is 12.1. The van der Waals surface area contributed by atoms with Crippen LogP contribution in [0.15, 0.2) is 12.1 Å². The lowest BCUT2D eigenvalue weighted by molar-refractivity contribution is -0.134. The van der Waals surface area contributed by atoms with E-state index in [1.54, 1.807) is 6.92 Å². The average molecular weight is 208 g/mol. The summed E-state index contributed by atoms with van der Waals surface area (Å²) in [5, 5.41) is 0. The maximum atomic E-state index is 12.1. The fourth-order valence-corrected chi connectivity index (χ4v) is 1.70. The molecule has 0 amide bonds. The summed E-state index contributed by atoms with van der Waals surface area (Å²) < 4.78 is 36.2. The van der Waals surface area contributed by atoms with Crippen molar-refractivity contribution < 1.29 is 18.0 Å². The fraction of sp³-hybridized carbons (Fsp3) is 0.375. The highest BCUT2D eigenvalue weighted by molar-refractivity contribution is 7.14. The molecule has 0 N–H and O–H groups in total. The van der Waals surface area contributed by atoms with Crippen LogP contribution in [-0.2, 0) is 6.18 Å². The summed E-state index contributed by atoms with van der Waals surface area (Å²) in [7, 11) is 0. The lowest BCUT2D eigenvalue weighted by atomic mass is 10.2. The second kappa shape index (κ2) is 3.49. The van der Waals surface area contributed by atoms with E-state index in [9.17, 15) is 18.0 Å². The molecule has 1 aromatic rings. The van der Waals surface area contributed by atoms with E-state index in [4.69, 9.17) is 0 Å². The predicted octanol–water partition coefficient (Wildman–Crippen LogP) is 3.36. The normalized spacial score (nSPS) is 11.7. The Kier molecular flexibility index (Phi) is 2.75. The van der Waals surface area contributed by atoms with Gasteiger partial charge >= 0.3 is 6.18 Å². The molecule has 0 aromatic carbocycles. The van der Waals surface area contributed by atoms with Crippen molar-refractivity contribution in [3.8, 4) is 0 Å². The van der Waals surface area contributed by atoms with Crippen molar-refractivity contribution in [2.45, 2.75) is 19.5 Å². The van der Waals surface area contributed by atoms with E-state index in [2.05, 4.69) is 0 Å². The number of hydrogen-bond donors (Lipinski definition) is 0. The van der Waals surface area contributed by atoms with E-state index >= 15 is 0 Å². The number of rotatable bonds is 2. The molecular weight excluding hydrogens is 201 g/mol. The third-order valence-corrected chi connectivity index (χ3v) is 2.65. The van der Waals surface area contributed by atoms with Gasteiger partial charge in [-0.15, -0.1) is 11.3 Å². The molecule has 0 atom stereocenters. The summed E-state index contributed by atoms with van der Waals surface area (Å²) in [5.41, 5.74) is 0. The lowest BCUT2D eigenvalue weighted by Gasteiger charge is -2.00. The zero-order chi connectivity index (χ0) is 10.1. The summed E-state index contributed by atoms with van der Waals surface area (Å²) in [4.78, 5) is 10.5. The molecule has 72 valence electrons. The Bertz CT molecular complexity index is 313. The number of thiophene rings is 1. The van der Waals surface area contributed by atoms with Crippen molar-refractivity contribution in [2.24, 2.45) is 0 Å². The number of alkyl halides is 3. The summed E-state index contributed by atoms with van der Waals surface area (Å²) in [6.45, 7) is 1.62. The number of hydrogen-bond acceptors (Lipinski definition) is 2. The molecule has 0 aliphatic carbocycles. The Balaban J connectivity index is 2.93. The van der Waals surface area contributed by atoms with Gasteiger partial charge in [0.15, 0.2) is 5.78 Å². The van der Waals surface area contributed by atoms with Crippen LogP contribution in [0.1, 0.15) is 27.9 Å². The first-order valence-electron chi connectivity index (χ1n) is 3.65. The number of carbonyl (C=O) groups excluding carboxylic acids is 1. The van der Waals surface area contributed by atoms with Crippen LogP contribution < -0.4 is 0 Å². The van der Waals surface area contributed by atoms with Crippen LogP contribution in [0.25, 0.3) is 0 Å². The van der Waals surface area contributed by atoms with Crippen LogP contribution in [0.3, 0.4) is 0 Å². The lowest BCUT2D eigenvalue weighted by Crippen LogP contribution is -2.00. The van der Waals surface area contributed by atoms with Gasteiger partial charge in [0.2, 0.25) is 0 Å². The van der Waals surface area contributed by atoms with E-state index in [1.807, 2.05) is 0 Å². The quantitative estimate of drug-likeness (QED) is 0.681. The molecule has 0 fully saturated rings. The van der Waals surface area contributed by atoms with Gasteiger partial charge in [-0.1, -0.05) is 6.92 Å². The third-order valence-electron chi connectivity index (χ3n) is 1.48. The molecule has 0 saturated carbocycles. The van der Waals surface area contributed by atoms with Gasteiger partial charge in [0.1, 0.15) is 4.88 Å². The summed E-state index contributed by atoms with van der Waals surface area (Å²) in [5.74, 6) is -0.250. The summed E-state index contributed by atoms with van der Waals surface area (Å²) in [6, 6.07) is 2.16. The van der Waals surface area contributed by atoms with E-state index < -0.39 is 11.1 Å². The average Bonchev–Trinajstić information content (AvgIpc) is 2.50. The first kappa shape index (κ1) is 10.2. The van der Waals surface area contributed by atoms with Crippen molar-refractivity contribution in [3.63, 3.8) is 0 Å². The molecule has 0 radical (unpaired) electrons. The topological polar surface area (TPSA) is 17.1 Å². The van der Waals surface area contributed by atoms with Crippen molar-refractivity contribution in [2.75, 3.05) is 0 Å². The van der Waals surface area contributed by atoms with Crippen molar-refractivity contribution in [1.82, 2.24) is 0 Å². The molecule has 13 heavy (non-hydrogen) atoms. The molecule has 1 heterocycles. The van der Waals surface area contributed by atoms with Gasteiger partial charge in [-0.25, -0.2) is 0 Å². The van der Waals surface area contributed by atoms with Gasteiger partial charge in [0.05, 0.1) is 4.88 Å². The Hall–Kier alpha value is -0.840. The van der Waals surface area contributed by atoms with Crippen molar-refractivity contribution >= 4 is 17.1 Å². The summed E-state index contributed by atoms with van der Waals surface area (Å²) in [6.07, 6.45) is -4.10. The monoisotopic (exact) mass is 208 g/mol. The molecule has 0 saturated heterocycles. The molecule has 1 nitrogen and oxygen atoms in total. The third kappa shape index (κ3) is 2.30. The predicted molar refractivity (Wildman–Crippen MR) is 43.9 cm³/mol. The van der Waals surface area contributed by atoms with Crippen LogP contribution >= 0.6 is 11.3 Å². The Morgan fingerprint density at radius 1 is 1.46 bits per heavy atom. The number of Topliss-reactive ketones (excluding diaryl/α,β-unsaturated/α-hetero) is 1. The highest BCUT2D eigenvalue weighted by Gasteiger charge is 2.32. The van der Waals surface area contributed by atoms with Crippen LogP contribution in [-0.4, -0.2) is 5.78 Å². The number of ketones is 1. The molecule has 0 aliphatic rings. The van der Waals surface area contributed by atoms with E-state index in [0.717, 1.165) is 6.07 Å². The van der Waals surface area contributed by atoms with E-state index in [0.29, 0.717) is 11.3 Å². The smallest absolute Gasteiger partial charge is 0.293 e. The van der Waals surface area contributed by atoms with Gasteiger partial charge in [-0.2, -0.15) is 13.2 Å². The van der Waals surface area contributed by atoms with Crippen LogP contribution in [0.2, 0.25) is 0 Å². The Labute approximate surface area is 77.2 Å². The standard InChI is InChI=1S/C8H7F3OS/c1-2-5(12)6-3-4-7(13-6)8(9,10)11/h3-4H,2H2,1H3. The highest BCUT2D eigenvalue weighted by atomic mass is 32.1. The van der Waals surface area contributed by atoms with Gasteiger partial charge in [0.25, 0.3) is 0 Å². The van der Waals surface area contributed by atoms with E-state index in [-0.39, 0.29) is 17.1 Å². The fourth-order valence-electron chi connectivity index (χ4n) is 0.814. The van der Waals surface area contributed by atoms with E-state index in [1.165, 1.54) is 6.07 Å². The molecule has 0 bridgehead atoms. The van der Waals surface area contributed by atoms with Gasteiger partial charge < -0.3 is 0 Å². The van der Waals surface area contributed by atoms with Crippen molar-refractivity contribution in [1.29, 1.82) is 0 Å². The molecule has 0 unspecified atom stereocenters. The molecule has 0 spiro atoms. The SMILES string of the molecule is CCC(=O)c1ccc(C(F)(F)F)s1. The van der Waals surface area contributed by atoms with Crippen LogP contribution in [0, 0.1) is 0 Å². The second-order valence-electron chi connectivity index (χ2n) is 2.44. The minimum atomic E-state index is -4.34. The van der Waals surface area contributed by atoms with Crippen LogP contribution in [0.5, 0.6) is 0 Å². The zero-order valence-electron chi connectivity index (χ0n) is 6.81. The maximum Gasteiger partial charge on any atom is 0.425 e. The molecule has 5 heteroatoms. The Morgan fingerprint density at radius 3 is 2.46 bits per heavy atom. The first-order valence-corrected chi connectivity index (χ1v) is 4.47. The molecular formula is C8H7F3OS. The van der Waals surface area contributed by atoms with Gasteiger partial charge in [-0.05, 0) is 12.1 Å². The second-order valence-corrected chi connectivity index (χ2v) is 3.52. The minimum Gasteiger partial charge on any atom is -0.293 e. The Morgan fingerprint density at radius 2 is 2.08 bits per heavy atom. The molecule has 0 aliphatic heterocycles. The summed E-state index contributed by atoms with van der Waals surface area (Å²) >= 11 is 0.498. The highest BCUT2D eigenvalue weighted by Crippen LogP contribution is 2.34. The van der Waals surface area contributed by atoms with Crippen molar-refractivity contribution in [3.05, 3.63) is 21.9 Å². The zero-order valence-corrected chi connectivity index (χ0v) is 7.63. The van der Waals surface area contributed by atoms with Gasteiger partial charge in [-0.3, -0.25) is 4.79 Å². The minimum absolute atomic E-state index is 0.176. The largest absolute Gasteiger partial charge is 0.425 e.